The lowest BCUT2D eigenvalue weighted by molar-refractivity contribution is -0.141. The van der Waals surface area contributed by atoms with Crippen LogP contribution in [0.25, 0.3) is 11.3 Å². The standard InChI is InChI=1S/C28H28ClF3N6O4/c1-27(2)41-15-19(42-27)14-40-22-8-9-33-25(34-22)36-26(39)38-18-7-4-10-37(13-18)21-12-20(29)23(35-24(21)38)16-5-3-6-17(11-16)28(30,31)32/h3,5-6,8-9,11-12,18-19H,4,7,10,13-15H2,1-2H3,(H,33,34,36,39)/t18-,19+/m0/s1. The molecule has 3 aliphatic heterocycles. The number of urea groups is 1. The molecule has 2 atom stereocenters. The zero-order chi connectivity index (χ0) is 29.6. The number of anilines is 3. The molecule has 0 unspecified atom stereocenters. The van der Waals surface area contributed by atoms with Gasteiger partial charge < -0.3 is 19.1 Å². The molecule has 0 spiro atoms. The molecule has 3 aliphatic rings. The van der Waals surface area contributed by atoms with Crippen LogP contribution in [0, 0.1) is 0 Å². The average molecular weight is 605 g/mol. The number of hydrogen-bond acceptors (Lipinski definition) is 8. The molecule has 10 nitrogen and oxygen atoms in total. The Bertz CT molecular complexity index is 1510. The van der Waals surface area contributed by atoms with Gasteiger partial charge >= 0.3 is 12.2 Å². The highest BCUT2D eigenvalue weighted by Crippen LogP contribution is 2.43. The fraction of sp³-hybridized carbons (Fsp3) is 0.429. The Morgan fingerprint density at radius 3 is 2.83 bits per heavy atom. The summed E-state index contributed by atoms with van der Waals surface area (Å²) in [4.78, 5) is 30.5. The second-order valence-corrected chi connectivity index (χ2v) is 11.2. The van der Waals surface area contributed by atoms with Gasteiger partial charge in [0.25, 0.3) is 0 Å². The van der Waals surface area contributed by atoms with E-state index in [1.165, 1.54) is 23.2 Å². The first-order valence-corrected chi connectivity index (χ1v) is 13.9. The molecule has 3 aromatic rings. The summed E-state index contributed by atoms with van der Waals surface area (Å²) in [7, 11) is 0. The Hall–Kier alpha value is -3.68. The number of alkyl halides is 3. The number of benzene rings is 1. The molecule has 222 valence electrons. The van der Waals surface area contributed by atoms with E-state index in [2.05, 4.69) is 25.2 Å². The van der Waals surface area contributed by atoms with E-state index >= 15 is 0 Å². The van der Waals surface area contributed by atoms with Crippen LogP contribution in [-0.2, 0) is 15.7 Å². The third kappa shape index (κ3) is 5.81. The molecular weight excluding hydrogens is 577 g/mol. The van der Waals surface area contributed by atoms with Crippen LogP contribution in [0.5, 0.6) is 5.88 Å². The minimum atomic E-state index is -4.53. The third-order valence-electron chi connectivity index (χ3n) is 7.28. The minimum absolute atomic E-state index is 0.0216. The number of ether oxygens (including phenoxy) is 3. The largest absolute Gasteiger partial charge is 0.475 e. The van der Waals surface area contributed by atoms with Crippen molar-refractivity contribution in [1.82, 2.24) is 15.0 Å². The van der Waals surface area contributed by atoms with Gasteiger partial charge in [-0.15, -0.1) is 0 Å². The summed E-state index contributed by atoms with van der Waals surface area (Å²) in [5.74, 6) is -0.118. The quantitative estimate of drug-likeness (QED) is 0.392. The highest BCUT2D eigenvalue weighted by molar-refractivity contribution is 6.33. The highest BCUT2D eigenvalue weighted by Gasteiger charge is 2.39. The molecule has 2 aromatic heterocycles. The van der Waals surface area contributed by atoms with Gasteiger partial charge in [0.15, 0.2) is 11.6 Å². The highest BCUT2D eigenvalue weighted by atomic mass is 35.5. The number of halogens is 4. The smallest absolute Gasteiger partial charge is 0.416 e. The van der Waals surface area contributed by atoms with Gasteiger partial charge in [0.05, 0.1) is 34.6 Å². The summed E-state index contributed by atoms with van der Waals surface area (Å²) in [6.45, 7) is 5.53. The number of nitrogens with one attached hydrogen (secondary N) is 1. The predicted molar refractivity (Wildman–Crippen MR) is 149 cm³/mol. The van der Waals surface area contributed by atoms with E-state index in [1.54, 1.807) is 12.1 Å². The monoisotopic (exact) mass is 604 g/mol. The van der Waals surface area contributed by atoms with Crippen molar-refractivity contribution in [3.63, 3.8) is 0 Å². The van der Waals surface area contributed by atoms with Crippen molar-refractivity contribution >= 4 is 35.1 Å². The molecule has 1 N–H and O–H groups in total. The number of aromatic nitrogens is 3. The lowest BCUT2D eigenvalue weighted by Crippen LogP contribution is -2.56. The summed E-state index contributed by atoms with van der Waals surface area (Å²) >= 11 is 6.57. The molecule has 1 aromatic carbocycles. The van der Waals surface area contributed by atoms with Crippen LogP contribution in [0.1, 0.15) is 32.3 Å². The topological polar surface area (TPSA) is 102 Å². The van der Waals surface area contributed by atoms with Gasteiger partial charge in [0.2, 0.25) is 11.8 Å². The number of nitrogens with zero attached hydrogens (tertiary/aromatic N) is 5. The van der Waals surface area contributed by atoms with E-state index in [4.69, 9.17) is 25.8 Å². The Morgan fingerprint density at radius 1 is 1.24 bits per heavy atom. The van der Waals surface area contributed by atoms with Gasteiger partial charge in [-0.1, -0.05) is 23.7 Å². The van der Waals surface area contributed by atoms with Crippen molar-refractivity contribution in [2.75, 3.05) is 41.4 Å². The van der Waals surface area contributed by atoms with Crippen molar-refractivity contribution in [2.24, 2.45) is 0 Å². The Kier molecular flexibility index (Phi) is 7.36. The van der Waals surface area contributed by atoms with Crippen LogP contribution in [0.15, 0.2) is 42.6 Å². The van der Waals surface area contributed by atoms with E-state index < -0.39 is 23.6 Å². The first-order valence-electron chi connectivity index (χ1n) is 13.5. The van der Waals surface area contributed by atoms with E-state index in [0.29, 0.717) is 24.7 Å². The Balaban J connectivity index is 1.27. The number of hydrogen-bond donors (Lipinski definition) is 1. The molecule has 2 fully saturated rings. The second-order valence-electron chi connectivity index (χ2n) is 10.8. The van der Waals surface area contributed by atoms with Crippen molar-refractivity contribution in [3.05, 3.63) is 53.2 Å². The van der Waals surface area contributed by atoms with Crippen LogP contribution >= 0.6 is 11.6 Å². The van der Waals surface area contributed by atoms with Crippen LogP contribution < -0.4 is 19.9 Å². The molecular formula is C28H28ClF3N6O4. The molecule has 2 bridgehead atoms. The number of piperidine rings is 1. The molecule has 2 amide bonds. The fourth-order valence-electron chi connectivity index (χ4n) is 5.41. The lowest BCUT2D eigenvalue weighted by Gasteiger charge is -2.45. The van der Waals surface area contributed by atoms with Crippen molar-refractivity contribution in [2.45, 2.75) is 50.8 Å². The maximum absolute atomic E-state index is 13.7. The fourth-order valence-corrected chi connectivity index (χ4v) is 5.66. The zero-order valence-electron chi connectivity index (χ0n) is 22.8. The molecule has 42 heavy (non-hydrogen) atoms. The molecule has 0 saturated carbocycles. The van der Waals surface area contributed by atoms with Gasteiger partial charge in [0.1, 0.15) is 12.7 Å². The van der Waals surface area contributed by atoms with Crippen LogP contribution in [0.3, 0.4) is 0 Å². The Labute approximate surface area is 244 Å². The van der Waals surface area contributed by atoms with E-state index in [9.17, 15) is 18.0 Å². The van der Waals surface area contributed by atoms with Gasteiger partial charge in [-0.05, 0) is 44.9 Å². The van der Waals surface area contributed by atoms with E-state index in [1.807, 2.05) is 13.8 Å². The number of amides is 2. The first kappa shape index (κ1) is 28.4. The van der Waals surface area contributed by atoms with Gasteiger partial charge in [-0.3, -0.25) is 10.2 Å². The van der Waals surface area contributed by atoms with Crippen LogP contribution in [-0.4, -0.2) is 65.2 Å². The zero-order valence-corrected chi connectivity index (χ0v) is 23.6. The molecule has 6 rings (SSSR count). The van der Waals surface area contributed by atoms with Crippen LogP contribution in [0.2, 0.25) is 5.02 Å². The molecule has 14 heteroatoms. The molecule has 5 heterocycles. The summed E-state index contributed by atoms with van der Waals surface area (Å²) in [6, 6.07) is 7.26. The Morgan fingerprint density at radius 2 is 2.07 bits per heavy atom. The van der Waals surface area contributed by atoms with Gasteiger partial charge in [-0.2, -0.15) is 18.2 Å². The number of pyridine rings is 1. The van der Waals surface area contributed by atoms with Crippen LogP contribution in [0.4, 0.5) is 35.4 Å². The molecule has 2 saturated heterocycles. The molecule has 0 aliphatic carbocycles. The van der Waals surface area contributed by atoms with Crippen molar-refractivity contribution < 1.29 is 32.2 Å². The molecule has 0 radical (unpaired) electrons. The number of rotatable bonds is 5. The summed E-state index contributed by atoms with van der Waals surface area (Å²) in [5, 5.41) is 2.91. The van der Waals surface area contributed by atoms with Gasteiger partial charge in [-0.25, -0.2) is 14.8 Å². The minimum Gasteiger partial charge on any atom is -0.475 e. The summed E-state index contributed by atoms with van der Waals surface area (Å²) in [6.07, 6.45) is -1.78. The first-order chi connectivity index (χ1) is 20.0. The lowest BCUT2D eigenvalue weighted by atomic mass is 9.99. The number of carbonyl (C=O) groups is 1. The second kappa shape index (κ2) is 10.9. The number of carbonyl (C=O) groups excluding carboxylic acids is 1. The summed E-state index contributed by atoms with van der Waals surface area (Å²) < 4.78 is 57.3. The summed E-state index contributed by atoms with van der Waals surface area (Å²) in [5.41, 5.74) is 0.146. The van der Waals surface area contributed by atoms with Gasteiger partial charge in [0, 0.05) is 30.9 Å². The predicted octanol–water partition coefficient (Wildman–Crippen LogP) is 5.76. The van der Waals surface area contributed by atoms with E-state index in [0.717, 1.165) is 31.5 Å². The normalized spacial score (nSPS) is 21.2. The van der Waals surface area contributed by atoms with Crippen molar-refractivity contribution in [1.29, 1.82) is 0 Å². The average Bonchev–Trinajstić information content (AvgIpc) is 3.30. The number of fused-ring (bicyclic) bond motifs is 4. The van der Waals surface area contributed by atoms with Crippen molar-refractivity contribution in [3.8, 4) is 17.1 Å². The third-order valence-corrected chi connectivity index (χ3v) is 7.57. The SMILES string of the molecule is CC1(C)OC[C@@H](COc2ccnc(NC(=O)N3c4nc(-c5cccc(C(F)(F)F)c5)c(Cl)cc4N4CCC[C@H]3C4)n2)O1. The maximum Gasteiger partial charge on any atom is 0.416 e. The maximum atomic E-state index is 13.7. The van der Waals surface area contributed by atoms with E-state index in [-0.39, 0.29) is 46.9 Å².